The van der Waals surface area contributed by atoms with Crippen molar-refractivity contribution in [1.82, 2.24) is 9.88 Å². The van der Waals surface area contributed by atoms with Crippen molar-refractivity contribution in [2.45, 2.75) is 32.5 Å². The normalized spacial score (nSPS) is 14.4. The predicted octanol–water partition coefficient (Wildman–Crippen LogP) is 0.692. The molecule has 1 rings (SSSR count). The summed E-state index contributed by atoms with van der Waals surface area (Å²) in [5.74, 6) is -0.0901. The maximum absolute atomic E-state index is 11.7. The van der Waals surface area contributed by atoms with E-state index in [1.807, 2.05) is 13.0 Å². The Morgan fingerprint density at radius 2 is 2.29 bits per heavy atom. The smallest absolute Gasteiger partial charge is 0.240 e. The monoisotopic (exact) mass is 240 g/mol. The van der Waals surface area contributed by atoms with Crippen LogP contribution >= 0.6 is 0 Å². The number of nitrogens with one attached hydrogen (secondary N) is 1. The number of aliphatic hydroxyl groups is 1. The second-order valence-corrected chi connectivity index (χ2v) is 4.16. The van der Waals surface area contributed by atoms with Gasteiger partial charge >= 0.3 is 0 Å². The predicted molar refractivity (Wildman–Crippen MR) is 64.5 cm³/mol. The average Bonchev–Trinajstić information content (AvgIpc) is 2.65. The molecular formula is C12H20N2O3. The van der Waals surface area contributed by atoms with E-state index in [1.54, 1.807) is 30.9 Å². The van der Waals surface area contributed by atoms with Gasteiger partial charge in [0.2, 0.25) is 5.91 Å². The van der Waals surface area contributed by atoms with Gasteiger partial charge in [0.15, 0.2) is 0 Å². The fourth-order valence-corrected chi connectivity index (χ4v) is 1.72. The molecular weight excluding hydrogens is 220 g/mol. The van der Waals surface area contributed by atoms with Gasteiger partial charge in [-0.2, -0.15) is 0 Å². The van der Waals surface area contributed by atoms with E-state index in [0.717, 1.165) is 5.69 Å². The summed E-state index contributed by atoms with van der Waals surface area (Å²) in [5.41, 5.74) is 0.736. The number of carbonyl (C=O) groups excluding carboxylic acids is 1. The first-order chi connectivity index (χ1) is 8.04. The Bertz CT molecular complexity index is 360. The van der Waals surface area contributed by atoms with Crippen LogP contribution in [0.15, 0.2) is 18.3 Å². The Balaban J connectivity index is 2.53. The molecule has 2 atom stereocenters. The Kier molecular flexibility index (Phi) is 5.18. The molecule has 1 aromatic heterocycles. The van der Waals surface area contributed by atoms with E-state index in [4.69, 9.17) is 4.74 Å². The highest BCUT2D eigenvalue weighted by atomic mass is 16.5. The van der Waals surface area contributed by atoms with Crippen molar-refractivity contribution in [3.8, 4) is 0 Å². The lowest BCUT2D eigenvalue weighted by molar-refractivity contribution is -0.122. The highest BCUT2D eigenvalue weighted by molar-refractivity contribution is 5.76. The number of nitrogens with zero attached hydrogens (tertiary/aromatic N) is 1. The lowest BCUT2D eigenvalue weighted by Crippen LogP contribution is -2.37. The second kappa shape index (κ2) is 6.42. The molecule has 0 aromatic carbocycles. The van der Waals surface area contributed by atoms with Crippen LogP contribution in [0.1, 0.15) is 25.6 Å². The lowest BCUT2D eigenvalue weighted by atomic mass is 10.3. The number of methoxy groups -OCH3 is 1. The number of carbonyl (C=O) groups is 1. The summed E-state index contributed by atoms with van der Waals surface area (Å²) < 4.78 is 6.68. The molecule has 0 aliphatic heterocycles. The summed E-state index contributed by atoms with van der Waals surface area (Å²) in [6.07, 6.45) is 1.21. The maximum Gasteiger partial charge on any atom is 0.240 e. The summed E-state index contributed by atoms with van der Waals surface area (Å²) in [5, 5.41) is 12.3. The number of amides is 1. The van der Waals surface area contributed by atoms with E-state index in [-0.39, 0.29) is 18.5 Å². The Hall–Kier alpha value is -1.33. The van der Waals surface area contributed by atoms with Gasteiger partial charge in [0, 0.05) is 25.0 Å². The van der Waals surface area contributed by atoms with Crippen LogP contribution in [0.5, 0.6) is 0 Å². The topological polar surface area (TPSA) is 63.5 Å². The lowest BCUT2D eigenvalue weighted by Gasteiger charge is -2.15. The van der Waals surface area contributed by atoms with Crippen LogP contribution in [0, 0.1) is 0 Å². The molecule has 0 bridgehead atoms. The molecule has 0 fully saturated rings. The molecule has 2 N–H and O–H groups in total. The second-order valence-electron chi connectivity index (χ2n) is 4.16. The first-order valence-electron chi connectivity index (χ1n) is 5.66. The van der Waals surface area contributed by atoms with Gasteiger partial charge in [-0.3, -0.25) is 4.79 Å². The number of aliphatic hydroxyl groups excluding tert-OH is 1. The van der Waals surface area contributed by atoms with E-state index < -0.39 is 6.10 Å². The molecule has 1 heterocycles. The van der Waals surface area contributed by atoms with E-state index in [9.17, 15) is 9.90 Å². The summed E-state index contributed by atoms with van der Waals surface area (Å²) in [6.45, 7) is 4.26. The molecule has 5 heteroatoms. The van der Waals surface area contributed by atoms with Crippen molar-refractivity contribution in [2.75, 3.05) is 13.7 Å². The third-order valence-electron chi connectivity index (χ3n) is 2.43. The zero-order valence-electron chi connectivity index (χ0n) is 10.5. The summed E-state index contributed by atoms with van der Waals surface area (Å²) in [7, 11) is 1.60. The van der Waals surface area contributed by atoms with E-state index >= 15 is 0 Å². The zero-order chi connectivity index (χ0) is 12.8. The minimum absolute atomic E-state index is 0.0157. The number of hydrogen-bond acceptors (Lipinski definition) is 3. The fraction of sp³-hybridized carbons (Fsp3) is 0.583. The van der Waals surface area contributed by atoms with Crippen molar-refractivity contribution >= 4 is 5.91 Å². The Labute approximate surface area is 101 Å². The summed E-state index contributed by atoms with van der Waals surface area (Å²) in [6, 6.07) is 3.60. The van der Waals surface area contributed by atoms with Crippen molar-refractivity contribution in [3.05, 3.63) is 24.0 Å². The molecule has 1 amide bonds. The largest absolute Gasteiger partial charge is 0.387 e. The van der Waals surface area contributed by atoms with Gasteiger partial charge in [0.1, 0.15) is 6.54 Å². The molecule has 0 aliphatic carbocycles. The first kappa shape index (κ1) is 13.7. The van der Waals surface area contributed by atoms with Crippen LogP contribution < -0.4 is 5.32 Å². The van der Waals surface area contributed by atoms with Crippen LogP contribution in [0.4, 0.5) is 0 Å². The minimum atomic E-state index is -0.575. The molecule has 17 heavy (non-hydrogen) atoms. The maximum atomic E-state index is 11.7. The average molecular weight is 240 g/mol. The molecule has 0 aliphatic rings. The highest BCUT2D eigenvalue weighted by Gasteiger charge is 2.11. The van der Waals surface area contributed by atoms with Gasteiger partial charge in [-0.15, -0.1) is 0 Å². The molecule has 0 radical (unpaired) electrons. The molecule has 2 unspecified atom stereocenters. The van der Waals surface area contributed by atoms with Crippen molar-refractivity contribution in [2.24, 2.45) is 0 Å². The molecule has 0 saturated heterocycles. The van der Waals surface area contributed by atoms with Gasteiger partial charge in [-0.05, 0) is 26.0 Å². The van der Waals surface area contributed by atoms with Crippen LogP contribution in [-0.2, 0) is 16.1 Å². The third-order valence-corrected chi connectivity index (χ3v) is 2.43. The van der Waals surface area contributed by atoms with Gasteiger partial charge in [0.25, 0.3) is 0 Å². The summed E-state index contributed by atoms with van der Waals surface area (Å²) >= 11 is 0. The fourth-order valence-electron chi connectivity index (χ4n) is 1.72. The molecule has 0 saturated carbocycles. The first-order valence-corrected chi connectivity index (χ1v) is 5.66. The SMILES string of the molecule is COCC(C)NC(=O)Cn1cccc1C(C)O. The van der Waals surface area contributed by atoms with E-state index in [1.165, 1.54) is 0 Å². The van der Waals surface area contributed by atoms with Gasteiger partial charge in [-0.1, -0.05) is 0 Å². The highest BCUT2D eigenvalue weighted by Crippen LogP contribution is 2.12. The third kappa shape index (κ3) is 4.20. The molecule has 5 nitrogen and oxygen atoms in total. The molecule has 0 spiro atoms. The van der Waals surface area contributed by atoms with Gasteiger partial charge in [-0.25, -0.2) is 0 Å². The number of aromatic nitrogens is 1. The van der Waals surface area contributed by atoms with Crippen LogP contribution in [0.3, 0.4) is 0 Å². The van der Waals surface area contributed by atoms with Crippen LogP contribution in [0.25, 0.3) is 0 Å². The summed E-state index contributed by atoms with van der Waals surface area (Å²) in [4.78, 5) is 11.7. The van der Waals surface area contributed by atoms with Crippen LogP contribution in [0.2, 0.25) is 0 Å². The standard InChI is InChI=1S/C12H20N2O3/c1-9(8-17-3)13-12(16)7-14-6-4-5-11(14)10(2)15/h4-6,9-10,15H,7-8H2,1-3H3,(H,13,16). The number of ether oxygens (including phenoxy) is 1. The molecule has 1 aromatic rings. The number of hydrogen-bond donors (Lipinski definition) is 2. The van der Waals surface area contributed by atoms with Crippen molar-refractivity contribution < 1.29 is 14.6 Å². The van der Waals surface area contributed by atoms with Crippen molar-refractivity contribution in [1.29, 1.82) is 0 Å². The van der Waals surface area contributed by atoms with E-state index in [0.29, 0.717) is 6.61 Å². The number of rotatable bonds is 6. The van der Waals surface area contributed by atoms with Gasteiger partial charge in [0.05, 0.1) is 12.7 Å². The Morgan fingerprint density at radius 3 is 2.88 bits per heavy atom. The van der Waals surface area contributed by atoms with Gasteiger partial charge < -0.3 is 19.7 Å². The quantitative estimate of drug-likeness (QED) is 0.769. The van der Waals surface area contributed by atoms with E-state index in [2.05, 4.69) is 5.32 Å². The molecule has 96 valence electrons. The van der Waals surface area contributed by atoms with Crippen molar-refractivity contribution in [3.63, 3.8) is 0 Å². The Morgan fingerprint density at radius 1 is 1.59 bits per heavy atom. The van der Waals surface area contributed by atoms with Crippen LogP contribution in [-0.4, -0.2) is 35.3 Å². The zero-order valence-corrected chi connectivity index (χ0v) is 10.5. The minimum Gasteiger partial charge on any atom is -0.387 e.